The number of aryl methyl sites for hydroxylation is 1. The fourth-order valence-corrected chi connectivity index (χ4v) is 6.67. The summed E-state index contributed by atoms with van der Waals surface area (Å²) in [5.74, 6) is 0.240. The number of thioether (sulfide) groups is 1. The average molecular weight is 449 g/mol. The number of carbonyl (C=O) groups is 1. The molecule has 0 aliphatic carbocycles. The van der Waals surface area contributed by atoms with Gasteiger partial charge in [-0.05, 0) is 69.3 Å². The van der Waals surface area contributed by atoms with Gasteiger partial charge in [0, 0.05) is 11.3 Å². The van der Waals surface area contributed by atoms with Crippen LogP contribution in [0.1, 0.15) is 30.3 Å². The maximum absolute atomic E-state index is 13.1. The average Bonchev–Trinajstić information content (AvgIpc) is 3.26. The van der Waals surface area contributed by atoms with Crippen molar-refractivity contribution in [3.8, 4) is 0 Å². The molecule has 1 aromatic carbocycles. The van der Waals surface area contributed by atoms with Crippen LogP contribution in [0.2, 0.25) is 0 Å². The summed E-state index contributed by atoms with van der Waals surface area (Å²) in [6.07, 6.45) is 2.35. The summed E-state index contributed by atoms with van der Waals surface area (Å²) >= 11 is 1.02. The molecule has 0 radical (unpaired) electrons. The summed E-state index contributed by atoms with van der Waals surface area (Å²) in [5.41, 5.74) is 2.33. The van der Waals surface area contributed by atoms with Gasteiger partial charge in [-0.2, -0.15) is 5.10 Å². The molecule has 4 rings (SSSR count). The minimum atomic E-state index is -3.08. The highest BCUT2D eigenvalue weighted by Gasteiger charge is 2.41. The summed E-state index contributed by atoms with van der Waals surface area (Å²) in [6, 6.07) is 5.68. The van der Waals surface area contributed by atoms with Crippen LogP contribution in [0.5, 0.6) is 0 Å². The molecule has 2 saturated heterocycles. The van der Waals surface area contributed by atoms with E-state index in [9.17, 15) is 17.6 Å². The Hall–Kier alpha value is -2.46. The molecule has 3 heterocycles. The van der Waals surface area contributed by atoms with Gasteiger partial charge in [0.05, 0.1) is 33.3 Å². The minimum absolute atomic E-state index is 0.0596. The van der Waals surface area contributed by atoms with Crippen molar-refractivity contribution in [1.29, 1.82) is 0 Å². The highest BCUT2D eigenvalue weighted by Crippen LogP contribution is 2.35. The predicted molar refractivity (Wildman–Crippen MR) is 116 cm³/mol. The van der Waals surface area contributed by atoms with Crippen LogP contribution in [-0.2, 0) is 15.4 Å². The van der Waals surface area contributed by atoms with E-state index in [0.717, 1.165) is 28.7 Å². The van der Waals surface area contributed by atoms with E-state index in [1.165, 1.54) is 24.3 Å². The van der Waals surface area contributed by atoms with Gasteiger partial charge in [-0.15, -0.1) is 0 Å². The summed E-state index contributed by atoms with van der Waals surface area (Å²) in [7, 11) is -3.08. The fraction of sp³-hybridized carbons (Fsp3) is 0.350. The molecule has 7 nitrogen and oxygen atoms in total. The first-order chi connectivity index (χ1) is 14.1. The zero-order chi connectivity index (χ0) is 21.7. The number of carbonyl (C=O) groups excluding carboxylic acids is 1. The molecule has 1 atom stereocenters. The second-order valence-corrected chi connectivity index (χ2v) is 11.0. The first-order valence-electron chi connectivity index (χ1n) is 9.39. The summed E-state index contributed by atoms with van der Waals surface area (Å²) in [4.78, 5) is 17.0. The maximum Gasteiger partial charge on any atom is 0.289 e. The molecule has 0 bridgehead atoms. The number of halogens is 1. The van der Waals surface area contributed by atoms with Crippen molar-refractivity contribution in [3.63, 3.8) is 0 Å². The molecule has 158 valence electrons. The topological polar surface area (TPSA) is 93.4 Å². The maximum atomic E-state index is 13.1. The molecular weight excluding hydrogens is 427 g/mol. The van der Waals surface area contributed by atoms with Crippen LogP contribution in [0, 0.1) is 19.7 Å². The van der Waals surface area contributed by atoms with E-state index in [4.69, 9.17) is 0 Å². The van der Waals surface area contributed by atoms with Crippen LogP contribution in [0.15, 0.2) is 34.2 Å². The lowest BCUT2D eigenvalue weighted by Gasteiger charge is -2.24. The molecule has 10 heteroatoms. The Morgan fingerprint density at radius 3 is 2.63 bits per heavy atom. The van der Waals surface area contributed by atoms with Crippen molar-refractivity contribution in [3.05, 3.63) is 51.9 Å². The Balaban J connectivity index is 1.73. The summed E-state index contributed by atoms with van der Waals surface area (Å²) in [6.45, 7) is 5.66. The zero-order valence-corrected chi connectivity index (χ0v) is 18.4. The van der Waals surface area contributed by atoms with Gasteiger partial charge in [0.2, 0.25) is 0 Å². The van der Waals surface area contributed by atoms with Gasteiger partial charge < -0.3 is 5.32 Å². The molecule has 0 saturated carbocycles. The Morgan fingerprint density at radius 2 is 2.00 bits per heavy atom. The number of amidine groups is 1. The molecule has 2 aliphatic heterocycles. The van der Waals surface area contributed by atoms with E-state index in [1.807, 2.05) is 26.8 Å². The Labute approximate surface area is 178 Å². The number of sulfone groups is 1. The SMILES string of the molecule is Cc1nn(C2(C)CCS(=O)(=O)C2)c(C)c1/C=C1\SC(=O)NC1=Nc1ccc(F)cc1. The number of hydrogen-bond acceptors (Lipinski definition) is 6. The molecule has 1 aromatic heterocycles. The molecule has 30 heavy (non-hydrogen) atoms. The number of aromatic nitrogens is 2. The van der Waals surface area contributed by atoms with E-state index >= 15 is 0 Å². The number of benzene rings is 1. The van der Waals surface area contributed by atoms with E-state index in [0.29, 0.717) is 22.8 Å². The van der Waals surface area contributed by atoms with Crippen molar-refractivity contribution in [2.75, 3.05) is 11.5 Å². The second kappa shape index (κ2) is 7.35. The zero-order valence-electron chi connectivity index (χ0n) is 16.8. The van der Waals surface area contributed by atoms with Gasteiger partial charge in [0.25, 0.3) is 5.24 Å². The van der Waals surface area contributed by atoms with E-state index in [-0.39, 0.29) is 22.6 Å². The van der Waals surface area contributed by atoms with Gasteiger partial charge >= 0.3 is 0 Å². The lowest BCUT2D eigenvalue weighted by atomic mass is 10.0. The van der Waals surface area contributed by atoms with Gasteiger partial charge in [-0.1, -0.05) is 0 Å². The molecule has 2 fully saturated rings. The monoisotopic (exact) mass is 448 g/mol. The van der Waals surface area contributed by atoms with Crippen molar-refractivity contribution in [2.24, 2.45) is 4.99 Å². The summed E-state index contributed by atoms with van der Waals surface area (Å²) < 4.78 is 39.0. The number of aliphatic imine (C=N–C) groups is 1. The Morgan fingerprint density at radius 1 is 1.30 bits per heavy atom. The van der Waals surface area contributed by atoms with Crippen LogP contribution in [0.25, 0.3) is 6.08 Å². The fourth-order valence-electron chi connectivity index (χ4n) is 3.84. The third kappa shape index (κ3) is 3.93. The lowest BCUT2D eigenvalue weighted by molar-refractivity contribution is 0.265. The smallest absolute Gasteiger partial charge is 0.289 e. The normalized spacial score (nSPS) is 25.9. The van der Waals surface area contributed by atoms with Crippen molar-refractivity contribution in [2.45, 2.75) is 32.7 Å². The second-order valence-electron chi connectivity index (χ2n) is 7.80. The number of nitrogens with zero attached hydrogens (tertiary/aromatic N) is 3. The highest BCUT2D eigenvalue weighted by atomic mass is 32.2. The van der Waals surface area contributed by atoms with Gasteiger partial charge in [0.1, 0.15) is 11.7 Å². The summed E-state index contributed by atoms with van der Waals surface area (Å²) in [5, 5.41) is 7.08. The lowest BCUT2D eigenvalue weighted by Crippen LogP contribution is -2.33. The molecule has 1 unspecified atom stereocenters. The molecule has 1 amide bonds. The van der Waals surface area contributed by atoms with E-state index in [2.05, 4.69) is 15.4 Å². The number of nitrogens with one attached hydrogen (secondary N) is 1. The number of amides is 1. The molecule has 1 N–H and O–H groups in total. The van der Waals surface area contributed by atoms with Crippen LogP contribution >= 0.6 is 11.8 Å². The van der Waals surface area contributed by atoms with Gasteiger partial charge in [-0.25, -0.2) is 17.8 Å². The quantitative estimate of drug-likeness (QED) is 0.773. The van der Waals surface area contributed by atoms with Crippen LogP contribution in [0.4, 0.5) is 14.9 Å². The molecule has 2 aromatic rings. The number of rotatable bonds is 3. The molecule has 0 spiro atoms. The Bertz CT molecular complexity index is 1200. The van der Waals surface area contributed by atoms with E-state index < -0.39 is 15.4 Å². The predicted octanol–water partition coefficient (Wildman–Crippen LogP) is 3.70. The van der Waals surface area contributed by atoms with E-state index in [1.54, 1.807) is 4.68 Å². The highest BCUT2D eigenvalue weighted by molar-refractivity contribution is 8.18. The first-order valence-corrected chi connectivity index (χ1v) is 12.0. The van der Waals surface area contributed by atoms with Crippen molar-refractivity contribution >= 4 is 44.4 Å². The van der Waals surface area contributed by atoms with Crippen LogP contribution < -0.4 is 5.32 Å². The standard InChI is InChI=1S/C20H21FN4O3S2/c1-12-16(13(2)25(24-12)20(3)8-9-30(27,28)11-20)10-17-18(23-19(26)29-17)22-15-6-4-14(21)5-7-15/h4-7,10H,8-9,11H2,1-3H3,(H,22,23,26)/b17-10-. The largest absolute Gasteiger partial charge is 0.300 e. The Kier molecular flexibility index (Phi) is 5.09. The van der Waals surface area contributed by atoms with Gasteiger partial charge in [-0.3, -0.25) is 9.48 Å². The third-order valence-corrected chi connectivity index (χ3v) is 8.05. The number of hydrogen-bond donors (Lipinski definition) is 1. The van der Waals surface area contributed by atoms with Gasteiger partial charge in [0.15, 0.2) is 9.84 Å². The van der Waals surface area contributed by atoms with Crippen LogP contribution in [-0.4, -0.2) is 40.8 Å². The minimum Gasteiger partial charge on any atom is -0.300 e. The van der Waals surface area contributed by atoms with Crippen molar-refractivity contribution in [1.82, 2.24) is 15.1 Å². The first kappa shape index (κ1) is 20.8. The third-order valence-electron chi connectivity index (χ3n) is 5.34. The van der Waals surface area contributed by atoms with Crippen molar-refractivity contribution < 1.29 is 17.6 Å². The van der Waals surface area contributed by atoms with Crippen LogP contribution in [0.3, 0.4) is 0 Å². The molecular formula is C20H21FN4O3S2. The molecule has 2 aliphatic rings.